The van der Waals surface area contributed by atoms with Gasteiger partial charge in [0.1, 0.15) is 0 Å². The number of allylic oxidation sites excluding steroid dienone is 4. The third-order valence-electron chi connectivity index (χ3n) is 3.99. The SMILES string of the molecule is Brc1ccc2c(c1)[CH]([Zr+2][C]1=CC=CC1)c1ccccc1-2.[Cl-].[Cl-]. The Morgan fingerprint density at radius 3 is 2.50 bits per heavy atom. The van der Waals surface area contributed by atoms with Gasteiger partial charge in [0.2, 0.25) is 0 Å². The van der Waals surface area contributed by atoms with E-state index in [2.05, 4.69) is 76.6 Å². The van der Waals surface area contributed by atoms with Crippen LogP contribution < -0.4 is 24.8 Å². The maximum Gasteiger partial charge on any atom is -1.00 e. The summed E-state index contributed by atoms with van der Waals surface area (Å²) in [7, 11) is 0. The van der Waals surface area contributed by atoms with Gasteiger partial charge in [-0.25, -0.2) is 0 Å². The molecule has 2 aromatic carbocycles. The minimum atomic E-state index is -0.610. The number of fused-ring (bicyclic) bond motifs is 3. The molecule has 0 N–H and O–H groups in total. The Balaban J connectivity index is 0.000000882. The van der Waals surface area contributed by atoms with Crippen molar-refractivity contribution in [1.82, 2.24) is 0 Å². The van der Waals surface area contributed by atoms with Crippen molar-refractivity contribution in [3.8, 4) is 11.1 Å². The second kappa shape index (κ2) is 7.62. The van der Waals surface area contributed by atoms with E-state index in [-0.39, 0.29) is 24.8 Å². The topological polar surface area (TPSA) is 0 Å². The van der Waals surface area contributed by atoms with E-state index in [0.717, 1.165) is 0 Å². The Bertz CT molecular complexity index is 753. The van der Waals surface area contributed by atoms with Gasteiger partial charge in [0.05, 0.1) is 0 Å². The van der Waals surface area contributed by atoms with Crippen molar-refractivity contribution < 1.29 is 48.0 Å². The second-order valence-corrected chi connectivity index (χ2v) is 9.84. The minimum absolute atomic E-state index is 0. The third kappa shape index (κ3) is 3.22. The van der Waals surface area contributed by atoms with Gasteiger partial charge >= 0.3 is 140 Å². The van der Waals surface area contributed by atoms with Gasteiger partial charge in [-0.1, -0.05) is 0 Å². The Labute approximate surface area is 163 Å². The first kappa shape index (κ1) is 18.2. The summed E-state index contributed by atoms with van der Waals surface area (Å²) < 4.78 is 3.58. The summed E-state index contributed by atoms with van der Waals surface area (Å²) in [4.78, 5) is 0. The monoisotopic (exact) mass is 468 g/mol. The van der Waals surface area contributed by atoms with E-state index in [1.165, 1.54) is 22.0 Å². The number of hydrogen-bond acceptors (Lipinski definition) is 0. The van der Waals surface area contributed by atoms with Crippen LogP contribution in [-0.4, -0.2) is 0 Å². The fraction of sp³-hybridized carbons (Fsp3) is 0.111. The summed E-state index contributed by atoms with van der Waals surface area (Å²) in [6, 6.07) is 15.7. The van der Waals surface area contributed by atoms with Crippen LogP contribution in [0.15, 0.2) is 68.4 Å². The van der Waals surface area contributed by atoms with Gasteiger partial charge in [0.15, 0.2) is 0 Å². The molecule has 22 heavy (non-hydrogen) atoms. The molecule has 4 rings (SSSR count). The summed E-state index contributed by atoms with van der Waals surface area (Å²) in [6.45, 7) is 0. The van der Waals surface area contributed by atoms with Crippen molar-refractivity contribution in [3.63, 3.8) is 0 Å². The molecule has 0 saturated carbocycles. The zero-order valence-electron chi connectivity index (χ0n) is 11.7. The van der Waals surface area contributed by atoms with E-state index in [9.17, 15) is 0 Å². The van der Waals surface area contributed by atoms with Crippen molar-refractivity contribution >= 4 is 15.9 Å². The van der Waals surface area contributed by atoms with E-state index >= 15 is 0 Å². The Morgan fingerprint density at radius 2 is 1.73 bits per heavy atom. The van der Waals surface area contributed by atoms with E-state index < -0.39 is 23.2 Å². The van der Waals surface area contributed by atoms with Gasteiger partial charge in [-0.2, -0.15) is 0 Å². The molecule has 0 amide bonds. The van der Waals surface area contributed by atoms with E-state index in [1.807, 2.05) is 0 Å². The van der Waals surface area contributed by atoms with Crippen LogP contribution >= 0.6 is 15.9 Å². The first-order chi connectivity index (χ1) is 9.83. The van der Waals surface area contributed by atoms with Crippen LogP contribution in [0.2, 0.25) is 0 Å². The summed E-state index contributed by atoms with van der Waals surface area (Å²) >= 11 is 3.03. The molecule has 2 aliphatic rings. The van der Waals surface area contributed by atoms with Crippen LogP contribution in [0.5, 0.6) is 0 Å². The van der Waals surface area contributed by atoms with Crippen LogP contribution in [0.3, 0.4) is 0 Å². The Hall–Kier alpha value is -0.137. The molecule has 0 radical (unpaired) electrons. The summed E-state index contributed by atoms with van der Waals surface area (Å²) in [5, 5.41) is 0. The molecule has 0 nitrogen and oxygen atoms in total. The predicted molar refractivity (Wildman–Crippen MR) is 83.3 cm³/mol. The molecular formula is C18H13BrCl2Zr. The van der Waals surface area contributed by atoms with Crippen molar-refractivity contribution in [3.05, 3.63) is 79.6 Å². The molecule has 2 aromatic rings. The molecule has 4 heteroatoms. The molecule has 0 aromatic heterocycles. The molecular weight excluding hydrogens is 458 g/mol. The van der Waals surface area contributed by atoms with Gasteiger partial charge < -0.3 is 24.8 Å². The quantitative estimate of drug-likeness (QED) is 0.552. The van der Waals surface area contributed by atoms with Gasteiger partial charge in [0, 0.05) is 0 Å². The minimum Gasteiger partial charge on any atom is -1.00 e. The largest absolute Gasteiger partial charge is 1.00 e. The van der Waals surface area contributed by atoms with Crippen LogP contribution in [0.25, 0.3) is 11.1 Å². The molecule has 0 heterocycles. The Kier molecular flexibility index (Phi) is 6.31. The summed E-state index contributed by atoms with van der Waals surface area (Å²) in [5.41, 5.74) is 5.99. The maximum atomic E-state index is 3.64. The summed E-state index contributed by atoms with van der Waals surface area (Å²) in [5.74, 6) is 0. The second-order valence-electron chi connectivity index (χ2n) is 5.22. The molecule has 0 fully saturated rings. The zero-order valence-corrected chi connectivity index (χ0v) is 17.2. The van der Waals surface area contributed by atoms with Crippen LogP contribution in [0.1, 0.15) is 21.2 Å². The molecule has 0 spiro atoms. The molecule has 2 aliphatic carbocycles. The number of rotatable bonds is 2. The maximum absolute atomic E-state index is 3.64. The number of benzene rings is 2. The molecule has 0 bridgehead atoms. The normalized spacial score (nSPS) is 16.8. The van der Waals surface area contributed by atoms with Gasteiger partial charge in [-0.05, 0) is 0 Å². The molecule has 1 unspecified atom stereocenters. The van der Waals surface area contributed by atoms with Crippen LogP contribution in [0.4, 0.5) is 0 Å². The number of halogens is 3. The van der Waals surface area contributed by atoms with Crippen molar-refractivity contribution in [2.45, 2.75) is 10.0 Å². The molecule has 110 valence electrons. The number of hydrogen-bond donors (Lipinski definition) is 0. The van der Waals surface area contributed by atoms with Gasteiger partial charge in [-0.3, -0.25) is 0 Å². The standard InChI is InChI=1S/C13H8Br.C5H5.2ClH.Zr/c14-11-5-6-13-10(8-11)7-9-3-1-2-4-12(9)13;1-2-4-5-3-1;;;/h1-8H;1-3H,4H2;2*1H;/q;;;;+2/p-2. The van der Waals surface area contributed by atoms with Crippen LogP contribution in [0, 0.1) is 0 Å². The van der Waals surface area contributed by atoms with Gasteiger partial charge in [0.25, 0.3) is 0 Å². The fourth-order valence-electron chi connectivity index (χ4n) is 3.07. The molecule has 0 saturated heterocycles. The van der Waals surface area contributed by atoms with Crippen molar-refractivity contribution in [1.29, 1.82) is 0 Å². The first-order valence-electron chi connectivity index (χ1n) is 6.84. The average molecular weight is 471 g/mol. The van der Waals surface area contributed by atoms with Crippen molar-refractivity contribution in [2.24, 2.45) is 0 Å². The fourth-order valence-corrected chi connectivity index (χ4v) is 7.39. The molecule has 0 aliphatic heterocycles. The summed E-state index contributed by atoms with van der Waals surface area (Å²) in [6.07, 6.45) is 8.05. The predicted octanol–water partition coefficient (Wildman–Crippen LogP) is -0.547. The van der Waals surface area contributed by atoms with Crippen molar-refractivity contribution in [2.75, 3.05) is 0 Å². The smallest absolute Gasteiger partial charge is 1.00 e. The third-order valence-corrected chi connectivity index (χ3v) is 8.54. The average Bonchev–Trinajstić information content (AvgIpc) is 3.07. The zero-order chi connectivity index (χ0) is 13.5. The molecule has 1 atom stereocenters. The van der Waals surface area contributed by atoms with Crippen LogP contribution in [-0.2, 0) is 23.2 Å². The van der Waals surface area contributed by atoms with E-state index in [0.29, 0.717) is 3.63 Å². The van der Waals surface area contributed by atoms with E-state index in [4.69, 9.17) is 0 Å². The first-order valence-corrected chi connectivity index (χ1v) is 10.3. The van der Waals surface area contributed by atoms with E-state index in [1.54, 1.807) is 14.4 Å². The van der Waals surface area contributed by atoms with Gasteiger partial charge in [-0.15, -0.1) is 0 Å². The Morgan fingerprint density at radius 1 is 0.955 bits per heavy atom.